The number of hydrogen-bond acceptors (Lipinski definition) is 5. The van der Waals surface area contributed by atoms with Gasteiger partial charge in [0.05, 0.1) is 23.8 Å². The van der Waals surface area contributed by atoms with Crippen molar-refractivity contribution in [2.45, 2.75) is 20.8 Å². The van der Waals surface area contributed by atoms with Gasteiger partial charge in [0.1, 0.15) is 0 Å². The SMILES string of the molecule is CCOc1ccc(/C=C/C(=O)Nc2cc([N+](=O)[O-])ccc2C)cc1OCC. The number of nitrogens with zero attached hydrogens (tertiary/aromatic N) is 1. The van der Waals surface area contributed by atoms with Crippen molar-refractivity contribution in [3.63, 3.8) is 0 Å². The molecule has 2 rings (SSSR count). The number of non-ortho nitro benzene ring substituents is 1. The van der Waals surface area contributed by atoms with Crippen molar-refractivity contribution in [2.75, 3.05) is 18.5 Å². The van der Waals surface area contributed by atoms with E-state index in [1.54, 1.807) is 31.2 Å². The van der Waals surface area contributed by atoms with Gasteiger partial charge in [-0.15, -0.1) is 0 Å². The molecule has 0 heterocycles. The average Bonchev–Trinajstić information content (AvgIpc) is 2.64. The van der Waals surface area contributed by atoms with Crippen LogP contribution in [0.4, 0.5) is 11.4 Å². The van der Waals surface area contributed by atoms with Crippen LogP contribution in [0.5, 0.6) is 11.5 Å². The summed E-state index contributed by atoms with van der Waals surface area (Å²) in [6.45, 7) is 6.57. The Morgan fingerprint density at radius 2 is 1.81 bits per heavy atom. The standard InChI is InChI=1S/C20H22N2O5/c1-4-26-18-10-7-15(12-19(18)27-5-2)8-11-20(23)21-17-13-16(22(24)25)9-6-14(17)3/h6-13H,4-5H2,1-3H3,(H,21,23)/b11-8+. The lowest BCUT2D eigenvalue weighted by atomic mass is 10.1. The zero-order chi connectivity index (χ0) is 19.8. The van der Waals surface area contributed by atoms with E-state index in [9.17, 15) is 14.9 Å². The fourth-order valence-electron chi connectivity index (χ4n) is 2.38. The van der Waals surface area contributed by atoms with Crippen molar-refractivity contribution >= 4 is 23.4 Å². The highest BCUT2D eigenvalue weighted by Gasteiger charge is 2.10. The first kappa shape index (κ1) is 20.0. The Kier molecular flexibility index (Phi) is 6.93. The first-order chi connectivity index (χ1) is 12.9. The molecule has 0 atom stereocenters. The maximum absolute atomic E-state index is 12.2. The Morgan fingerprint density at radius 3 is 2.48 bits per heavy atom. The van der Waals surface area contributed by atoms with Crippen LogP contribution < -0.4 is 14.8 Å². The molecule has 0 aliphatic heterocycles. The van der Waals surface area contributed by atoms with Gasteiger partial charge < -0.3 is 14.8 Å². The highest BCUT2D eigenvalue weighted by molar-refractivity contribution is 6.02. The number of hydrogen-bond donors (Lipinski definition) is 1. The van der Waals surface area contributed by atoms with Crippen LogP contribution >= 0.6 is 0 Å². The van der Waals surface area contributed by atoms with Crippen LogP contribution in [-0.2, 0) is 4.79 Å². The molecule has 7 heteroatoms. The Labute approximate surface area is 157 Å². The van der Waals surface area contributed by atoms with Gasteiger partial charge in [-0.3, -0.25) is 14.9 Å². The van der Waals surface area contributed by atoms with Crippen LogP contribution in [-0.4, -0.2) is 24.0 Å². The van der Waals surface area contributed by atoms with E-state index in [1.165, 1.54) is 18.2 Å². The fraction of sp³-hybridized carbons (Fsp3) is 0.250. The topological polar surface area (TPSA) is 90.7 Å². The number of nitro benzene ring substituents is 1. The summed E-state index contributed by atoms with van der Waals surface area (Å²) in [5, 5.41) is 13.5. The Bertz CT molecular complexity index is 861. The van der Waals surface area contributed by atoms with E-state index in [0.717, 1.165) is 11.1 Å². The van der Waals surface area contributed by atoms with Crippen LogP contribution in [0.3, 0.4) is 0 Å². The summed E-state index contributed by atoms with van der Waals surface area (Å²) < 4.78 is 11.1. The Hall–Kier alpha value is -3.35. The van der Waals surface area contributed by atoms with E-state index in [1.807, 2.05) is 19.9 Å². The quantitative estimate of drug-likeness (QED) is 0.424. The van der Waals surface area contributed by atoms with Crippen molar-refractivity contribution in [3.05, 3.63) is 63.7 Å². The van der Waals surface area contributed by atoms with E-state index >= 15 is 0 Å². The van der Waals surface area contributed by atoms with Crippen molar-refractivity contribution in [3.8, 4) is 11.5 Å². The summed E-state index contributed by atoms with van der Waals surface area (Å²) in [6.07, 6.45) is 3.00. The number of carbonyl (C=O) groups excluding carboxylic acids is 1. The van der Waals surface area contributed by atoms with Crippen molar-refractivity contribution < 1.29 is 19.2 Å². The summed E-state index contributed by atoms with van der Waals surface area (Å²) in [6, 6.07) is 9.73. The van der Waals surface area contributed by atoms with Crippen molar-refractivity contribution in [1.82, 2.24) is 0 Å². The molecule has 0 bridgehead atoms. The number of anilines is 1. The van der Waals surface area contributed by atoms with Gasteiger partial charge in [-0.25, -0.2) is 0 Å². The van der Waals surface area contributed by atoms with E-state index < -0.39 is 4.92 Å². The van der Waals surface area contributed by atoms with E-state index in [2.05, 4.69) is 5.32 Å². The van der Waals surface area contributed by atoms with E-state index in [0.29, 0.717) is 30.4 Å². The second kappa shape index (κ2) is 9.38. The number of carbonyl (C=O) groups is 1. The van der Waals surface area contributed by atoms with Crippen LogP contribution in [0.15, 0.2) is 42.5 Å². The first-order valence-electron chi connectivity index (χ1n) is 8.58. The molecular weight excluding hydrogens is 348 g/mol. The number of nitro groups is 1. The van der Waals surface area contributed by atoms with Crippen LogP contribution in [0.2, 0.25) is 0 Å². The van der Waals surface area contributed by atoms with Gasteiger partial charge >= 0.3 is 0 Å². The predicted molar refractivity (Wildman–Crippen MR) is 104 cm³/mol. The van der Waals surface area contributed by atoms with Gasteiger partial charge in [0.15, 0.2) is 11.5 Å². The third-order valence-electron chi connectivity index (χ3n) is 3.68. The third-order valence-corrected chi connectivity index (χ3v) is 3.68. The number of rotatable bonds is 8. The molecule has 0 aliphatic carbocycles. The molecule has 0 aromatic heterocycles. The second-order valence-corrected chi connectivity index (χ2v) is 5.65. The van der Waals surface area contributed by atoms with Crippen LogP contribution in [0.25, 0.3) is 6.08 Å². The molecule has 0 aliphatic rings. The zero-order valence-corrected chi connectivity index (χ0v) is 15.5. The number of ether oxygens (including phenoxy) is 2. The van der Waals surface area contributed by atoms with Gasteiger partial charge in [-0.05, 0) is 50.1 Å². The summed E-state index contributed by atoms with van der Waals surface area (Å²) in [5.41, 5.74) is 1.84. The number of benzene rings is 2. The lowest BCUT2D eigenvalue weighted by Gasteiger charge is -2.11. The molecule has 0 fully saturated rings. The summed E-state index contributed by atoms with van der Waals surface area (Å²) in [7, 11) is 0. The van der Waals surface area contributed by atoms with Gasteiger partial charge in [0, 0.05) is 18.2 Å². The second-order valence-electron chi connectivity index (χ2n) is 5.65. The third kappa shape index (κ3) is 5.57. The highest BCUT2D eigenvalue weighted by atomic mass is 16.6. The lowest BCUT2D eigenvalue weighted by Crippen LogP contribution is -2.09. The zero-order valence-electron chi connectivity index (χ0n) is 15.5. The molecule has 2 aromatic rings. The van der Waals surface area contributed by atoms with Crippen LogP contribution in [0.1, 0.15) is 25.0 Å². The highest BCUT2D eigenvalue weighted by Crippen LogP contribution is 2.29. The summed E-state index contributed by atoms with van der Waals surface area (Å²) in [4.78, 5) is 22.6. The number of aryl methyl sites for hydroxylation is 1. The molecule has 2 aromatic carbocycles. The fourth-order valence-corrected chi connectivity index (χ4v) is 2.38. The molecule has 0 spiro atoms. The summed E-state index contributed by atoms with van der Waals surface area (Å²) in [5.74, 6) is 0.870. The molecule has 1 N–H and O–H groups in total. The van der Waals surface area contributed by atoms with Crippen molar-refractivity contribution in [1.29, 1.82) is 0 Å². The Morgan fingerprint density at radius 1 is 1.11 bits per heavy atom. The monoisotopic (exact) mass is 370 g/mol. The van der Waals surface area contributed by atoms with Gasteiger partial charge in [-0.1, -0.05) is 12.1 Å². The van der Waals surface area contributed by atoms with Gasteiger partial charge in [0.2, 0.25) is 5.91 Å². The molecule has 1 amide bonds. The maximum Gasteiger partial charge on any atom is 0.271 e. The number of nitrogens with one attached hydrogen (secondary N) is 1. The lowest BCUT2D eigenvalue weighted by molar-refractivity contribution is -0.384. The first-order valence-corrected chi connectivity index (χ1v) is 8.58. The molecule has 27 heavy (non-hydrogen) atoms. The predicted octanol–water partition coefficient (Wildman–Crippen LogP) is 4.35. The molecule has 0 unspecified atom stereocenters. The Balaban J connectivity index is 2.13. The van der Waals surface area contributed by atoms with Crippen molar-refractivity contribution in [2.24, 2.45) is 0 Å². The van der Waals surface area contributed by atoms with Gasteiger partial charge in [0.25, 0.3) is 5.69 Å². The summed E-state index contributed by atoms with van der Waals surface area (Å²) >= 11 is 0. The molecule has 142 valence electrons. The minimum atomic E-state index is -0.500. The molecule has 7 nitrogen and oxygen atoms in total. The smallest absolute Gasteiger partial charge is 0.271 e. The molecular formula is C20H22N2O5. The number of amides is 1. The minimum absolute atomic E-state index is 0.0762. The van der Waals surface area contributed by atoms with Crippen LogP contribution in [0, 0.1) is 17.0 Å². The van der Waals surface area contributed by atoms with E-state index in [-0.39, 0.29) is 11.6 Å². The molecule has 0 saturated heterocycles. The molecule has 0 radical (unpaired) electrons. The largest absolute Gasteiger partial charge is 0.490 e. The minimum Gasteiger partial charge on any atom is -0.490 e. The maximum atomic E-state index is 12.2. The van der Waals surface area contributed by atoms with E-state index in [4.69, 9.17) is 9.47 Å². The molecule has 0 saturated carbocycles. The average molecular weight is 370 g/mol. The normalized spacial score (nSPS) is 10.6. The van der Waals surface area contributed by atoms with Gasteiger partial charge in [-0.2, -0.15) is 0 Å².